The number of nitrogen functional groups attached to an aromatic ring is 1. The molecule has 2 heterocycles. The van der Waals surface area contributed by atoms with Gasteiger partial charge in [-0.3, -0.25) is 9.89 Å². The molecule has 1 unspecified atom stereocenters. The third-order valence-electron chi connectivity index (χ3n) is 3.30. The van der Waals surface area contributed by atoms with Crippen LogP contribution in [-0.4, -0.2) is 34.9 Å². The molecule has 0 radical (unpaired) electrons. The zero-order valence-electron chi connectivity index (χ0n) is 10.9. The Kier molecular flexibility index (Phi) is 3.56. The van der Waals surface area contributed by atoms with Gasteiger partial charge in [0.05, 0.1) is 23.5 Å². The summed E-state index contributed by atoms with van der Waals surface area (Å²) in [5, 5.41) is 9.73. The molecule has 1 atom stereocenters. The summed E-state index contributed by atoms with van der Waals surface area (Å²) in [4.78, 5) is 12.1. The summed E-state index contributed by atoms with van der Waals surface area (Å²) in [6.07, 6.45) is 2.59. The molecular formula is C12H20N4O2. The minimum absolute atomic E-state index is 0.239. The monoisotopic (exact) mass is 252 g/mol. The molecule has 0 saturated carbocycles. The Bertz CT molecular complexity index is 435. The van der Waals surface area contributed by atoms with E-state index in [4.69, 9.17) is 10.5 Å². The number of H-pyrrole nitrogens is 1. The molecule has 100 valence electrons. The average Bonchev–Trinajstić information content (AvgIpc) is 2.70. The molecule has 1 fully saturated rings. The van der Waals surface area contributed by atoms with E-state index in [0.29, 0.717) is 12.3 Å². The second kappa shape index (κ2) is 4.97. The molecule has 1 aromatic rings. The molecule has 1 aliphatic rings. The maximum atomic E-state index is 12.1. The number of hydrogen-bond donors (Lipinski definition) is 3. The average molecular weight is 252 g/mol. The van der Waals surface area contributed by atoms with Crippen molar-refractivity contribution in [2.24, 2.45) is 0 Å². The van der Waals surface area contributed by atoms with E-state index in [1.54, 1.807) is 0 Å². The molecule has 6 nitrogen and oxygen atoms in total. The predicted octanol–water partition coefficient (Wildman–Crippen LogP) is 0.853. The van der Waals surface area contributed by atoms with Gasteiger partial charge in [0.2, 0.25) is 0 Å². The lowest BCUT2D eigenvalue weighted by Crippen LogP contribution is -2.51. The number of ether oxygens (including phenoxy) is 1. The van der Waals surface area contributed by atoms with Crippen LogP contribution < -0.4 is 11.1 Å². The number of nitrogens with zero attached hydrogens (tertiary/aromatic N) is 1. The normalized spacial score (nSPS) is 23.9. The lowest BCUT2D eigenvalue weighted by atomic mass is 9.94. The Morgan fingerprint density at radius 2 is 2.44 bits per heavy atom. The van der Waals surface area contributed by atoms with E-state index in [9.17, 15) is 4.79 Å². The third-order valence-corrected chi connectivity index (χ3v) is 3.30. The van der Waals surface area contributed by atoms with Crippen molar-refractivity contribution in [2.75, 3.05) is 18.9 Å². The van der Waals surface area contributed by atoms with Crippen molar-refractivity contribution in [3.63, 3.8) is 0 Å². The van der Waals surface area contributed by atoms with Gasteiger partial charge >= 0.3 is 0 Å². The van der Waals surface area contributed by atoms with Gasteiger partial charge in [-0.25, -0.2) is 0 Å². The molecule has 1 aromatic heterocycles. The summed E-state index contributed by atoms with van der Waals surface area (Å²) in [7, 11) is 0. The van der Waals surface area contributed by atoms with Gasteiger partial charge in [-0.05, 0) is 26.2 Å². The van der Waals surface area contributed by atoms with Crippen molar-refractivity contribution in [1.82, 2.24) is 15.5 Å². The summed E-state index contributed by atoms with van der Waals surface area (Å²) in [6.45, 7) is 5.23. The molecule has 4 N–H and O–H groups in total. The Hall–Kier alpha value is -1.56. The van der Waals surface area contributed by atoms with Crippen LogP contribution in [0, 0.1) is 0 Å². The van der Waals surface area contributed by atoms with E-state index in [0.717, 1.165) is 31.6 Å². The summed E-state index contributed by atoms with van der Waals surface area (Å²) >= 11 is 0. The lowest BCUT2D eigenvalue weighted by Gasteiger charge is -2.34. The summed E-state index contributed by atoms with van der Waals surface area (Å²) < 4.78 is 5.40. The first-order chi connectivity index (χ1) is 8.56. The van der Waals surface area contributed by atoms with E-state index in [-0.39, 0.29) is 17.1 Å². The number of aromatic amines is 1. The largest absolute Gasteiger partial charge is 0.395 e. The van der Waals surface area contributed by atoms with E-state index < -0.39 is 0 Å². The Balaban J connectivity index is 2.09. The van der Waals surface area contributed by atoms with Crippen molar-refractivity contribution in [2.45, 2.75) is 38.6 Å². The minimum Gasteiger partial charge on any atom is -0.395 e. The van der Waals surface area contributed by atoms with Crippen LogP contribution in [0.4, 0.5) is 5.69 Å². The lowest BCUT2D eigenvalue weighted by molar-refractivity contribution is 0.0271. The predicted molar refractivity (Wildman–Crippen MR) is 68.3 cm³/mol. The van der Waals surface area contributed by atoms with Gasteiger partial charge in [0.1, 0.15) is 0 Å². The van der Waals surface area contributed by atoms with Crippen molar-refractivity contribution < 1.29 is 9.53 Å². The number of amides is 1. The summed E-state index contributed by atoms with van der Waals surface area (Å²) in [6, 6.07) is 0. The van der Waals surface area contributed by atoms with Crippen molar-refractivity contribution in [3.05, 3.63) is 11.4 Å². The number of carbonyl (C=O) groups is 1. The molecule has 0 aliphatic carbocycles. The van der Waals surface area contributed by atoms with Gasteiger partial charge < -0.3 is 15.8 Å². The molecule has 0 spiro atoms. The van der Waals surface area contributed by atoms with Crippen LogP contribution in [0.2, 0.25) is 0 Å². The topological polar surface area (TPSA) is 93.0 Å². The van der Waals surface area contributed by atoms with Crippen molar-refractivity contribution >= 4 is 11.6 Å². The van der Waals surface area contributed by atoms with Crippen LogP contribution in [0.25, 0.3) is 0 Å². The molecule has 1 saturated heterocycles. The SMILES string of the molecule is CCc1[nH]nc(C(=O)NC2(C)CCCOC2)c1N. The van der Waals surface area contributed by atoms with Crippen LogP contribution in [0.3, 0.4) is 0 Å². The fourth-order valence-corrected chi connectivity index (χ4v) is 2.20. The van der Waals surface area contributed by atoms with E-state index in [2.05, 4.69) is 15.5 Å². The van der Waals surface area contributed by atoms with Crippen LogP contribution >= 0.6 is 0 Å². The first-order valence-electron chi connectivity index (χ1n) is 6.29. The highest BCUT2D eigenvalue weighted by atomic mass is 16.5. The standard InChI is InChI=1S/C12H20N4O2/c1-3-8-9(13)10(16-15-8)11(17)14-12(2)5-4-6-18-7-12/h3-7,13H2,1-2H3,(H,14,17)(H,15,16). The van der Waals surface area contributed by atoms with E-state index in [1.165, 1.54) is 0 Å². The smallest absolute Gasteiger partial charge is 0.274 e. The molecule has 0 aromatic carbocycles. The van der Waals surface area contributed by atoms with Crippen LogP contribution in [0.15, 0.2) is 0 Å². The molecule has 1 aliphatic heterocycles. The number of carbonyl (C=O) groups excluding carboxylic acids is 1. The third kappa shape index (κ3) is 2.48. The maximum Gasteiger partial charge on any atom is 0.274 e. The number of rotatable bonds is 3. The van der Waals surface area contributed by atoms with Gasteiger partial charge in [0.25, 0.3) is 5.91 Å². The van der Waals surface area contributed by atoms with Gasteiger partial charge in [0, 0.05) is 6.61 Å². The van der Waals surface area contributed by atoms with E-state index in [1.807, 2.05) is 13.8 Å². The quantitative estimate of drug-likeness (QED) is 0.743. The van der Waals surface area contributed by atoms with Crippen LogP contribution in [-0.2, 0) is 11.2 Å². The van der Waals surface area contributed by atoms with Gasteiger partial charge in [-0.1, -0.05) is 6.92 Å². The highest BCUT2D eigenvalue weighted by Crippen LogP contribution is 2.20. The molecule has 18 heavy (non-hydrogen) atoms. The molecule has 6 heteroatoms. The van der Waals surface area contributed by atoms with Crippen molar-refractivity contribution in [1.29, 1.82) is 0 Å². The molecule has 0 bridgehead atoms. The summed E-state index contributed by atoms with van der Waals surface area (Å²) in [5.41, 5.74) is 7.06. The first kappa shape index (κ1) is 12.9. The zero-order valence-corrected chi connectivity index (χ0v) is 10.9. The number of anilines is 1. The van der Waals surface area contributed by atoms with Crippen molar-refractivity contribution in [3.8, 4) is 0 Å². The van der Waals surface area contributed by atoms with Crippen LogP contribution in [0.1, 0.15) is 42.9 Å². The number of hydrogen-bond acceptors (Lipinski definition) is 4. The minimum atomic E-state index is -0.326. The second-order valence-corrected chi connectivity index (χ2v) is 4.99. The number of nitrogens with one attached hydrogen (secondary N) is 2. The van der Waals surface area contributed by atoms with Gasteiger partial charge in [-0.2, -0.15) is 5.10 Å². The molecule has 1 amide bonds. The van der Waals surface area contributed by atoms with E-state index >= 15 is 0 Å². The van der Waals surface area contributed by atoms with Gasteiger partial charge in [-0.15, -0.1) is 0 Å². The molecular weight excluding hydrogens is 232 g/mol. The maximum absolute atomic E-state index is 12.1. The molecule has 2 rings (SSSR count). The van der Waals surface area contributed by atoms with Crippen LogP contribution in [0.5, 0.6) is 0 Å². The second-order valence-electron chi connectivity index (χ2n) is 4.99. The zero-order chi connectivity index (χ0) is 13.2. The number of aryl methyl sites for hydroxylation is 1. The summed E-state index contributed by atoms with van der Waals surface area (Å²) in [5.74, 6) is -0.239. The fourth-order valence-electron chi connectivity index (χ4n) is 2.20. The number of aromatic nitrogens is 2. The Morgan fingerprint density at radius 1 is 1.67 bits per heavy atom. The highest BCUT2D eigenvalue weighted by Gasteiger charge is 2.31. The first-order valence-corrected chi connectivity index (χ1v) is 6.29. The van der Waals surface area contributed by atoms with Gasteiger partial charge in [0.15, 0.2) is 5.69 Å². The highest BCUT2D eigenvalue weighted by molar-refractivity contribution is 5.98. The number of nitrogens with two attached hydrogens (primary N) is 1. The Morgan fingerprint density at radius 3 is 3.00 bits per heavy atom. The Labute approximate surface area is 106 Å². The fraction of sp³-hybridized carbons (Fsp3) is 0.667.